The molecule has 2 aromatic heterocycles. The lowest BCUT2D eigenvalue weighted by molar-refractivity contribution is 0.0951. The van der Waals surface area contributed by atoms with Gasteiger partial charge in [0.2, 0.25) is 5.89 Å². The Morgan fingerprint density at radius 3 is 2.56 bits per heavy atom. The topological polar surface area (TPSA) is 80.3 Å². The van der Waals surface area contributed by atoms with Gasteiger partial charge in [-0.2, -0.15) is 0 Å². The zero-order valence-electron chi connectivity index (χ0n) is 17.3. The molecule has 2 heterocycles. The minimum Gasteiger partial charge on any atom is -0.451 e. The summed E-state index contributed by atoms with van der Waals surface area (Å²) in [6.45, 7) is 0. The maximum atomic E-state index is 12.6. The summed E-state index contributed by atoms with van der Waals surface area (Å²) < 4.78 is 12.5. The first kappa shape index (κ1) is 22.3. The molecule has 0 bridgehead atoms. The second-order valence-corrected chi connectivity index (χ2v) is 9.05. The maximum absolute atomic E-state index is 12.6. The summed E-state index contributed by atoms with van der Waals surface area (Å²) in [6.07, 6.45) is 0. The second-order valence-electron chi connectivity index (χ2n) is 7.29. The van der Waals surface area contributed by atoms with Crippen LogP contribution in [0.2, 0.25) is 5.02 Å². The Bertz CT molecular complexity index is 1530. The van der Waals surface area contributed by atoms with Gasteiger partial charge in [-0.3, -0.25) is 10.1 Å². The molecule has 34 heavy (non-hydrogen) atoms. The number of anilines is 1. The van der Waals surface area contributed by atoms with E-state index >= 15 is 0 Å². The van der Waals surface area contributed by atoms with Crippen molar-refractivity contribution in [2.45, 2.75) is 0 Å². The molecule has 5 rings (SSSR count). The SMILES string of the molecule is O=C(NC(=S)Nc1ccc2oc(-c3cccc(Br)c3)nc2c1)c1ccc(-c2ccc(Cl)cc2)o1. The number of benzene rings is 3. The van der Waals surface area contributed by atoms with Crippen molar-refractivity contribution in [1.29, 1.82) is 0 Å². The molecule has 0 aliphatic carbocycles. The van der Waals surface area contributed by atoms with E-state index in [1.54, 1.807) is 42.5 Å². The number of oxazole rings is 1. The van der Waals surface area contributed by atoms with Crippen LogP contribution in [-0.4, -0.2) is 16.0 Å². The first-order chi connectivity index (χ1) is 16.4. The lowest BCUT2D eigenvalue weighted by atomic mass is 10.2. The lowest BCUT2D eigenvalue weighted by Crippen LogP contribution is -2.33. The van der Waals surface area contributed by atoms with E-state index in [2.05, 4.69) is 31.5 Å². The van der Waals surface area contributed by atoms with Gasteiger partial charge < -0.3 is 14.2 Å². The number of carbonyl (C=O) groups is 1. The molecule has 0 saturated heterocycles. The van der Waals surface area contributed by atoms with Gasteiger partial charge in [-0.1, -0.05) is 33.6 Å². The van der Waals surface area contributed by atoms with Crippen LogP contribution in [0.4, 0.5) is 5.69 Å². The van der Waals surface area contributed by atoms with Crippen LogP contribution >= 0.6 is 39.7 Å². The van der Waals surface area contributed by atoms with Gasteiger partial charge in [-0.05, 0) is 85.0 Å². The van der Waals surface area contributed by atoms with Crippen LogP contribution in [0, 0.1) is 0 Å². The molecule has 0 atom stereocenters. The van der Waals surface area contributed by atoms with Crippen molar-refractivity contribution in [2.24, 2.45) is 0 Å². The number of halogens is 2. The van der Waals surface area contributed by atoms with Crippen molar-refractivity contribution in [2.75, 3.05) is 5.32 Å². The normalized spacial score (nSPS) is 10.9. The fourth-order valence-electron chi connectivity index (χ4n) is 3.31. The van der Waals surface area contributed by atoms with Crippen LogP contribution < -0.4 is 10.6 Å². The highest BCUT2D eigenvalue weighted by Crippen LogP contribution is 2.28. The number of nitrogens with zero attached hydrogens (tertiary/aromatic N) is 1. The lowest BCUT2D eigenvalue weighted by Gasteiger charge is -2.08. The van der Waals surface area contributed by atoms with E-state index in [1.807, 2.05) is 36.4 Å². The van der Waals surface area contributed by atoms with Crippen LogP contribution in [0.15, 0.2) is 92.2 Å². The summed E-state index contributed by atoms with van der Waals surface area (Å²) in [5, 5.41) is 6.37. The molecule has 0 unspecified atom stereocenters. The molecular formula is C25H15BrClN3O3S. The Morgan fingerprint density at radius 1 is 0.941 bits per heavy atom. The molecule has 5 aromatic rings. The molecular weight excluding hydrogens is 538 g/mol. The van der Waals surface area contributed by atoms with E-state index in [0.717, 1.165) is 15.6 Å². The minimum atomic E-state index is -0.461. The second kappa shape index (κ2) is 9.42. The van der Waals surface area contributed by atoms with Crippen LogP contribution in [0.5, 0.6) is 0 Å². The largest absolute Gasteiger partial charge is 0.451 e. The van der Waals surface area contributed by atoms with E-state index < -0.39 is 5.91 Å². The zero-order chi connectivity index (χ0) is 23.7. The number of carbonyl (C=O) groups excluding carboxylic acids is 1. The summed E-state index contributed by atoms with van der Waals surface area (Å²) in [5.41, 5.74) is 3.63. The number of thiocarbonyl (C=S) groups is 1. The quantitative estimate of drug-likeness (QED) is 0.228. The van der Waals surface area contributed by atoms with Gasteiger partial charge in [0, 0.05) is 26.3 Å². The van der Waals surface area contributed by atoms with Crippen LogP contribution in [0.3, 0.4) is 0 Å². The summed E-state index contributed by atoms with van der Waals surface area (Å²) >= 11 is 14.7. The highest BCUT2D eigenvalue weighted by Gasteiger charge is 2.15. The molecule has 3 aromatic carbocycles. The third kappa shape index (κ3) is 4.89. The number of furan rings is 1. The van der Waals surface area contributed by atoms with Crippen LogP contribution in [-0.2, 0) is 0 Å². The maximum Gasteiger partial charge on any atom is 0.293 e. The fourth-order valence-corrected chi connectivity index (χ4v) is 4.04. The van der Waals surface area contributed by atoms with Crippen molar-refractivity contribution in [3.05, 3.63) is 94.1 Å². The van der Waals surface area contributed by atoms with Gasteiger partial charge >= 0.3 is 0 Å². The fraction of sp³-hybridized carbons (Fsp3) is 0. The van der Waals surface area contributed by atoms with Crippen molar-refractivity contribution in [3.63, 3.8) is 0 Å². The molecule has 168 valence electrons. The third-order valence-corrected chi connectivity index (χ3v) is 5.85. The number of hydrogen-bond acceptors (Lipinski definition) is 5. The number of fused-ring (bicyclic) bond motifs is 1. The highest BCUT2D eigenvalue weighted by atomic mass is 79.9. The highest BCUT2D eigenvalue weighted by molar-refractivity contribution is 9.10. The molecule has 1 amide bonds. The minimum absolute atomic E-state index is 0.129. The van der Waals surface area contributed by atoms with E-state index in [1.165, 1.54) is 0 Å². The number of hydrogen-bond donors (Lipinski definition) is 2. The number of amides is 1. The Morgan fingerprint density at radius 2 is 1.76 bits per heavy atom. The number of rotatable bonds is 4. The van der Waals surface area contributed by atoms with Crippen molar-refractivity contribution in [1.82, 2.24) is 10.3 Å². The van der Waals surface area contributed by atoms with Crippen LogP contribution in [0.1, 0.15) is 10.6 Å². The molecule has 0 aliphatic rings. The molecule has 0 aliphatic heterocycles. The van der Waals surface area contributed by atoms with Gasteiger partial charge in [0.25, 0.3) is 5.91 Å². The van der Waals surface area contributed by atoms with E-state index in [9.17, 15) is 4.79 Å². The average molecular weight is 553 g/mol. The molecule has 0 saturated carbocycles. The molecule has 9 heteroatoms. The first-order valence-electron chi connectivity index (χ1n) is 10.1. The molecule has 0 radical (unpaired) electrons. The van der Waals surface area contributed by atoms with Gasteiger partial charge in [0.1, 0.15) is 11.3 Å². The molecule has 0 spiro atoms. The monoisotopic (exact) mass is 551 g/mol. The smallest absolute Gasteiger partial charge is 0.293 e. The summed E-state index contributed by atoms with van der Waals surface area (Å²) in [6, 6.07) is 23.5. The molecule has 2 N–H and O–H groups in total. The van der Waals surface area contributed by atoms with Crippen molar-refractivity contribution >= 4 is 67.6 Å². The summed E-state index contributed by atoms with van der Waals surface area (Å²) in [7, 11) is 0. The van der Waals surface area contributed by atoms with Gasteiger partial charge in [0.15, 0.2) is 16.5 Å². The van der Waals surface area contributed by atoms with Gasteiger partial charge in [-0.25, -0.2) is 4.98 Å². The number of aromatic nitrogens is 1. The Balaban J connectivity index is 1.26. The van der Waals surface area contributed by atoms with Gasteiger partial charge in [-0.15, -0.1) is 0 Å². The first-order valence-corrected chi connectivity index (χ1v) is 11.7. The molecule has 6 nitrogen and oxygen atoms in total. The van der Waals surface area contributed by atoms with Crippen LogP contribution in [0.25, 0.3) is 33.9 Å². The predicted molar refractivity (Wildman–Crippen MR) is 140 cm³/mol. The average Bonchev–Trinajstić information content (AvgIpc) is 3.47. The standard InChI is InChI=1S/C25H15BrClN3O3S/c26-16-3-1-2-15(12-16)24-29-19-13-18(8-9-21(19)33-24)28-25(34)30-23(31)22-11-10-20(32-22)14-4-6-17(27)7-5-14/h1-13H,(H2,28,30,31,34). The van der Waals surface area contributed by atoms with E-state index in [0.29, 0.717) is 33.5 Å². The Labute approximate surface area is 213 Å². The Kier molecular flexibility index (Phi) is 6.19. The zero-order valence-corrected chi connectivity index (χ0v) is 20.5. The third-order valence-electron chi connectivity index (χ3n) is 4.90. The Hall–Kier alpha value is -3.46. The molecule has 0 fully saturated rings. The van der Waals surface area contributed by atoms with Gasteiger partial charge in [0.05, 0.1) is 0 Å². The predicted octanol–water partition coefficient (Wildman–Crippen LogP) is 7.30. The summed E-state index contributed by atoms with van der Waals surface area (Å²) in [5.74, 6) is 0.744. The summed E-state index contributed by atoms with van der Waals surface area (Å²) in [4.78, 5) is 17.1. The van der Waals surface area contributed by atoms with Crippen molar-refractivity contribution in [3.8, 4) is 22.8 Å². The van der Waals surface area contributed by atoms with E-state index in [-0.39, 0.29) is 10.9 Å². The van der Waals surface area contributed by atoms with E-state index in [4.69, 9.17) is 32.7 Å². The van der Waals surface area contributed by atoms with Crippen molar-refractivity contribution < 1.29 is 13.6 Å². The number of nitrogens with one attached hydrogen (secondary N) is 2.